The normalized spacial score (nSPS) is 41.1. The predicted octanol–water partition coefficient (Wildman–Crippen LogP) is 6.73. The van der Waals surface area contributed by atoms with E-state index in [0.29, 0.717) is 37.0 Å². The Bertz CT molecular complexity index is 826. The molecule has 0 spiro atoms. The van der Waals surface area contributed by atoms with Gasteiger partial charge in [-0.1, -0.05) is 56.6 Å². The molecule has 0 aromatic heterocycles. The molecule has 29 heavy (non-hydrogen) atoms. The van der Waals surface area contributed by atoms with Crippen molar-refractivity contribution >= 4 is 0 Å². The van der Waals surface area contributed by atoms with Gasteiger partial charge in [-0.3, -0.25) is 0 Å². The molecule has 3 rings (SSSR count). The van der Waals surface area contributed by atoms with Crippen LogP contribution in [0.3, 0.4) is 0 Å². The summed E-state index contributed by atoms with van der Waals surface area (Å²) in [5, 5.41) is 20.6. The summed E-state index contributed by atoms with van der Waals surface area (Å²) in [5.74, 6) is 1.33. The quantitative estimate of drug-likeness (QED) is 0.513. The number of aliphatic hydroxyl groups is 2. The first-order valence-corrected chi connectivity index (χ1v) is 11.6. The maximum atomic E-state index is 10.6. The molecule has 0 aromatic carbocycles. The van der Waals surface area contributed by atoms with E-state index in [1.165, 1.54) is 17.6 Å². The van der Waals surface area contributed by atoms with Crippen LogP contribution in [0.1, 0.15) is 106 Å². The van der Waals surface area contributed by atoms with Gasteiger partial charge in [0.2, 0.25) is 0 Å². The van der Waals surface area contributed by atoms with Crippen LogP contribution in [-0.2, 0) is 0 Å². The van der Waals surface area contributed by atoms with E-state index in [0.717, 1.165) is 44.1 Å². The number of hydrogen-bond acceptors (Lipinski definition) is 2. The van der Waals surface area contributed by atoms with E-state index in [4.69, 9.17) is 8.22 Å². The highest BCUT2D eigenvalue weighted by molar-refractivity contribution is 5.36. The minimum absolute atomic E-state index is 0.176. The Balaban J connectivity index is 1.68. The lowest BCUT2D eigenvalue weighted by atomic mass is 9.60. The molecule has 0 heterocycles. The summed E-state index contributed by atoms with van der Waals surface area (Å²) in [6.07, 6.45) is 13.1. The van der Waals surface area contributed by atoms with E-state index < -0.39 is 19.3 Å². The Morgan fingerprint density at radius 2 is 2.07 bits per heavy atom. The molecular weight excluding hydrogens is 356 g/mol. The van der Waals surface area contributed by atoms with Crippen LogP contribution >= 0.6 is 0 Å². The van der Waals surface area contributed by atoms with Gasteiger partial charge in [-0.25, -0.2) is 0 Å². The van der Waals surface area contributed by atoms with Gasteiger partial charge >= 0.3 is 0 Å². The van der Waals surface area contributed by atoms with Crippen LogP contribution in [0.15, 0.2) is 35.5 Å². The lowest BCUT2D eigenvalue weighted by Crippen LogP contribution is -2.36. The standard InChI is InChI=1S/C27H44O2/c1-19-10-13-23(28)18-22(19)12-11-21-9-7-17-27(5)24(14-15-25(21)27)20(2)8-6-16-26(3,4)29/h11-12,20,23-25,28-29H,1,6-10,13-18H2,2-5H3/b21-11+,22-12-/t20-,23-,24-,25+,27-/m1/s1/i3D3,4D3. The average molecular weight is 407 g/mol. The molecular formula is C27H44O2. The molecule has 2 heteroatoms. The molecule has 0 unspecified atom stereocenters. The fourth-order valence-corrected chi connectivity index (χ4v) is 6.49. The lowest BCUT2D eigenvalue weighted by Gasteiger charge is -2.44. The molecule has 2 nitrogen and oxygen atoms in total. The van der Waals surface area contributed by atoms with Crippen molar-refractivity contribution in [3.8, 4) is 0 Å². The van der Waals surface area contributed by atoms with E-state index in [-0.39, 0.29) is 17.9 Å². The van der Waals surface area contributed by atoms with Crippen LogP contribution in [0.2, 0.25) is 0 Å². The number of rotatable bonds is 6. The fraction of sp³-hybridized carbons (Fsp3) is 0.778. The summed E-state index contributed by atoms with van der Waals surface area (Å²) in [6, 6.07) is 0. The molecule has 3 saturated carbocycles. The smallest absolute Gasteiger partial charge is 0.0591 e. The highest BCUT2D eigenvalue weighted by Crippen LogP contribution is 2.60. The molecule has 3 aliphatic rings. The molecule has 0 bridgehead atoms. The van der Waals surface area contributed by atoms with Crippen LogP contribution in [-0.4, -0.2) is 21.9 Å². The molecule has 3 aliphatic carbocycles. The highest BCUT2D eigenvalue weighted by Gasteiger charge is 2.50. The zero-order chi connectivity index (χ0) is 26.2. The highest BCUT2D eigenvalue weighted by atomic mass is 16.3. The maximum Gasteiger partial charge on any atom is 0.0591 e. The fourth-order valence-electron chi connectivity index (χ4n) is 6.49. The third-order valence-corrected chi connectivity index (χ3v) is 8.11. The molecule has 164 valence electrons. The Labute approximate surface area is 187 Å². The molecule has 0 saturated heterocycles. The van der Waals surface area contributed by atoms with Crippen LogP contribution < -0.4 is 0 Å². The van der Waals surface area contributed by atoms with Gasteiger partial charge in [0.15, 0.2) is 0 Å². The van der Waals surface area contributed by atoms with E-state index >= 15 is 0 Å². The van der Waals surface area contributed by atoms with Gasteiger partial charge in [0, 0.05) is 8.22 Å². The van der Waals surface area contributed by atoms with Crippen LogP contribution in [0.5, 0.6) is 0 Å². The van der Waals surface area contributed by atoms with Gasteiger partial charge in [0.25, 0.3) is 0 Å². The summed E-state index contributed by atoms with van der Waals surface area (Å²) < 4.78 is 45.6. The third-order valence-electron chi connectivity index (χ3n) is 8.11. The first-order chi connectivity index (χ1) is 16.1. The van der Waals surface area contributed by atoms with Crippen LogP contribution in [0.4, 0.5) is 0 Å². The summed E-state index contributed by atoms with van der Waals surface area (Å²) in [5.41, 5.74) is 1.32. The SMILES string of the molecule is [2H]C([2H])([2H])C(O)(CCC[C@@H](C)[C@H]1CC[C@H]2/C(=C/C=C3/C[C@H](O)CCC3=C)CCC[C@]12C)C([2H])([2H])[2H]. The molecule has 0 amide bonds. The molecule has 0 aromatic rings. The minimum Gasteiger partial charge on any atom is -0.393 e. The van der Waals surface area contributed by atoms with E-state index in [1.54, 1.807) is 0 Å². The molecule has 0 radical (unpaired) electrons. The van der Waals surface area contributed by atoms with Crippen LogP contribution in [0.25, 0.3) is 0 Å². The van der Waals surface area contributed by atoms with E-state index in [2.05, 4.69) is 32.6 Å². The second-order valence-electron chi connectivity index (χ2n) is 10.3. The topological polar surface area (TPSA) is 40.5 Å². The van der Waals surface area contributed by atoms with Crippen molar-refractivity contribution in [1.29, 1.82) is 0 Å². The lowest BCUT2D eigenvalue weighted by molar-refractivity contribution is 0.0596. The zero-order valence-electron chi connectivity index (χ0n) is 24.3. The van der Waals surface area contributed by atoms with Gasteiger partial charge in [-0.15, -0.1) is 0 Å². The van der Waals surface area contributed by atoms with Crippen molar-refractivity contribution in [3.63, 3.8) is 0 Å². The largest absolute Gasteiger partial charge is 0.393 e. The zero-order valence-corrected chi connectivity index (χ0v) is 18.3. The summed E-state index contributed by atoms with van der Waals surface area (Å²) in [4.78, 5) is 0. The van der Waals surface area contributed by atoms with Crippen molar-refractivity contribution in [2.24, 2.45) is 23.2 Å². The van der Waals surface area contributed by atoms with Gasteiger partial charge in [0.1, 0.15) is 0 Å². The minimum atomic E-state index is -2.94. The second-order valence-corrected chi connectivity index (χ2v) is 10.3. The van der Waals surface area contributed by atoms with Gasteiger partial charge in [-0.05, 0) is 100 Å². The van der Waals surface area contributed by atoms with Crippen molar-refractivity contribution < 1.29 is 18.4 Å². The van der Waals surface area contributed by atoms with Gasteiger partial charge in [-0.2, -0.15) is 0 Å². The van der Waals surface area contributed by atoms with Crippen molar-refractivity contribution in [3.05, 3.63) is 35.5 Å². The number of aliphatic hydroxyl groups excluding tert-OH is 1. The summed E-state index contributed by atoms with van der Waals surface area (Å²) in [7, 11) is 0. The molecule has 3 fully saturated rings. The summed E-state index contributed by atoms with van der Waals surface area (Å²) in [6.45, 7) is 2.91. The molecule has 5 atom stereocenters. The number of fused-ring (bicyclic) bond motifs is 1. The number of allylic oxidation sites excluding steroid dienone is 4. The van der Waals surface area contributed by atoms with Crippen molar-refractivity contribution in [2.75, 3.05) is 0 Å². The monoisotopic (exact) mass is 406 g/mol. The summed E-state index contributed by atoms with van der Waals surface area (Å²) >= 11 is 0. The van der Waals surface area contributed by atoms with Crippen LogP contribution in [0, 0.1) is 23.2 Å². The van der Waals surface area contributed by atoms with Crippen molar-refractivity contribution in [2.45, 2.75) is 110 Å². The predicted molar refractivity (Wildman–Crippen MR) is 123 cm³/mol. The average Bonchev–Trinajstić information content (AvgIpc) is 3.10. The van der Waals surface area contributed by atoms with Gasteiger partial charge in [0.05, 0.1) is 11.7 Å². The molecule has 2 N–H and O–H groups in total. The Morgan fingerprint density at radius 1 is 1.28 bits per heavy atom. The Hall–Kier alpha value is -0.860. The molecule has 0 aliphatic heterocycles. The Kier molecular flexibility index (Phi) is 4.98. The second kappa shape index (κ2) is 9.10. The Morgan fingerprint density at radius 3 is 2.83 bits per heavy atom. The van der Waals surface area contributed by atoms with Crippen molar-refractivity contribution in [1.82, 2.24) is 0 Å². The maximum absolute atomic E-state index is 10.6. The first-order valence-electron chi connectivity index (χ1n) is 14.6. The first kappa shape index (κ1) is 15.9. The van der Waals surface area contributed by atoms with E-state index in [1.807, 2.05) is 0 Å². The third kappa shape index (κ3) is 5.44. The number of hydrogen-bond donors (Lipinski definition) is 2. The van der Waals surface area contributed by atoms with Gasteiger partial charge < -0.3 is 10.2 Å². The van der Waals surface area contributed by atoms with E-state index in [9.17, 15) is 10.2 Å².